The first-order chi connectivity index (χ1) is 14.6. The highest BCUT2D eigenvalue weighted by Gasteiger charge is 2.56. The Morgan fingerprint density at radius 3 is 1.73 bits per heavy atom. The van der Waals surface area contributed by atoms with Crippen LogP contribution in [0.15, 0.2) is 0 Å². The molecule has 0 heterocycles. The minimum absolute atomic E-state index is 0.0961. The normalized spacial score (nSPS) is 18.2. The molecule has 0 aromatic rings. The summed E-state index contributed by atoms with van der Waals surface area (Å²) in [7, 11) is 0. The number of hydrogen-bond acceptors (Lipinski definition) is 6. The van der Waals surface area contributed by atoms with Crippen molar-refractivity contribution in [2.75, 3.05) is 13.2 Å². The topological polar surface area (TPSA) is 71.1 Å². The molecule has 6 heteroatoms. The maximum Gasteiger partial charge on any atom is 0.360 e. The van der Waals surface area contributed by atoms with Gasteiger partial charge >= 0.3 is 11.9 Å². The first-order valence-corrected chi connectivity index (χ1v) is 12.3. The van der Waals surface area contributed by atoms with Crippen LogP contribution in [0.3, 0.4) is 0 Å². The predicted octanol–water partition coefficient (Wildman–Crippen LogP) is 6.46. The molecule has 6 nitrogen and oxygen atoms in total. The minimum Gasteiger partial charge on any atom is -0.297 e. The van der Waals surface area contributed by atoms with Gasteiger partial charge in [-0.2, -0.15) is 9.78 Å². The van der Waals surface area contributed by atoms with E-state index in [4.69, 9.17) is 19.6 Å². The van der Waals surface area contributed by atoms with Crippen LogP contribution in [-0.2, 0) is 29.1 Å². The molecule has 1 fully saturated rings. The third-order valence-corrected chi connectivity index (χ3v) is 6.21. The Balaban J connectivity index is 2.54. The molecular formula is C24H44O6. The molecule has 0 spiro atoms. The highest BCUT2D eigenvalue weighted by molar-refractivity contribution is 6.00. The van der Waals surface area contributed by atoms with Gasteiger partial charge in [0, 0.05) is 0 Å². The number of rotatable bonds is 17. The Morgan fingerprint density at radius 1 is 0.733 bits per heavy atom. The Kier molecular flexibility index (Phi) is 14.8. The fraction of sp³-hybridized carbons (Fsp3) is 0.917. The molecule has 0 aliphatic heterocycles. The molecule has 0 N–H and O–H groups in total. The quantitative estimate of drug-likeness (QED) is 0.114. The smallest absolute Gasteiger partial charge is 0.297 e. The molecule has 30 heavy (non-hydrogen) atoms. The van der Waals surface area contributed by atoms with Crippen molar-refractivity contribution in [1.82, 2.24) is 0 Å². The standard InChI is InChI=1S/C24H44O6/c1-4-7-8-9-10-11-12-13-14-15-18-21-19-16-17-20-24(21,22(25)29-27-5-2)23(26)30-28-6-3/h21H,4-20H2,1-3H3. The molecule has 0 amide bonds. The highest BCUT2D eigenvalue weighted by atomic mass is 17.2. The van der Waals surface area contributed by atoms with Crippen LogP contribution in [0.2, 0.25) is 0 Å². The second-order valence-corrected chi connectivity index (χ2v) is 8.44. The van der Waals surface area contributed by atoms with Crippen molar-refractivity contribution in [1.29, 1.82) is 0 Å². The molecule has 1 saturated carbocycles. The van der Waals surface area contributed by atoms with E-state index >= 15 is 0 Å². The van der Waals surface area contributed by atoms with Crippen molar-refractivity contribution in [3.8, 4) is 0 Å². The van der Waals surface area contributed by atoms with Crippen molar-refractivity contribution >= 4 is 11.9 Å². The van der Waals surface area contributed by atoms with Gasteiger partial charge in [0.2, 0.25) is 0 Å². The van der Waals surface area contributed by atoms with Gasteiger partial charge in [-0.3, -0.25) is 9.78 Å². The summed E-state index contributed by atoms with van der Waals surface area (Å²) in [5, 5.41) is 0. The van der Waals surface area contributed by atoms with E-state index in [1.807, 2.05) is 0 Å². The molecule has 0 radical (unpaired) electrons. The van der Waals surface area contributed by atoms with Gasteiger partial charge < -0.3 is 0 Å². The van der Waals surface area contributed by atoms with Gasteiger partial charge in [-0.1, -0.05) is 84.0 Å². The van der Waals surface area contributed by atoms with E-state index in [1.54, 1.807) is 13.8 Å². The van der Waals surface area contributed by atoms with Crippen molar-refractivity contribution in [2.24, 2.45) is 11.3 Å². The van der Waals surface area contributed by atoms with Gasteiger partial charge in [-0.05, 0) is 39.0 Å². The van der Waals surface area contributed by atoms with Crippen LogP contribution >= 0.6 is 0 Å². The summed E-state index contributed by atoms with van der Waals surface area (Å²) in [4.78, 5) is 45.5. The average Bonchev–Trinajstić information content (AvgIpc) is 2.77. The van der Waals surface area contributed by atoms with Gasteiger partial charge in [0.1, 0.15) is 0 Å². The maximum atomic E-state index is 12.9. The molecule has 0 saturated heterocycles. The summed E-state index contributed by atoms with van der Waals surface area (Å²) in [5.74, 6) is -1.36. The van der Waals surface area contributed by atoms with Crippen molar-refractivity contribution in [3.05, 3.63) is 0 Å². The zero-order chi connectivity index (χ0) is 22.1. The number of carbonyl (C=O) groups is 2. The Bertz CT molecular complexity index is 445. The van der Waals surface area contributed by atoms with E-state index in [0.717, 1.165) is 38.5 Å². The fourth-order valence-corrected chi connectivity index (χ4v) is 4.51. The molecule has 0 aromatic heterocycles. The van der Waals surface area contributed by atoms with E-state index in [0.29, 0.717) is 6.42 Å². The van der Waals surface area contributed by atoms with Crippen molar-refractivity contribution < 1.29 is 29.1 Å². The third kappa shape index (κ3) is 8.93. The maximum absolute atomic E-state index is 12.9. The summed E-state index contributed by atoms with van der Waals surface area (Å²) < 4.78 is 0. The van der Waals surface area contributed by atoms with E-state index in [1.165, 1.54) is 51.4 Å². The van der Waals surface area contributed by atoms with Crippen LogP contribution < -0.4 is 0 Å². The largest absolute Gasteiger partial charge is 0.360 e. The van der Waals surface area contributed by atoms with E-state index in [9.17, 15) is 9.59 Å². The molecule has 0 bridgehead atoms. The van der Waals surface area contributed by atoms with E-state index in [-0.39, 0.29) is 19.1 Å². The van der Waals surface area contributed by atoms with Crippen LogP contribution in [0.4, 0.5) is 0 Å². The molecule has 1 aliphatic rings. The lowest BCUT2D eigenvalue weighted by atomic mass is 9.64. The predicted molar refractivity (Wildman–Crippen MR) is 116 cm³/mol. The lowest BCUT2D eigenvalue weighted by molar-refractivity contribution is -0.299. The van der Waals surface area contributed by atoms with Gasteiger partial charge in [-0.15, -0.1) is 0 Å². The van der Waals surface area contributed by atoms with Crippen LogP contribution in [0, 0.1) is 11.3 Å². The van der Waals surface area contributed by atoms with Gasteiger partial charge in [0.25, 0.3) is 0 Å². The minimum atomic E-state index is -1.32. The molecule has 176 valence electrons. The number of carbonyl (C=O) groups excluding carboxylic acids is 2. The summed E-state index contributed by atoms with van der Waals surface area (Å²) in [6, 6.07) is 0. The third-order valence-electron chi connectivity index (χ3n) is 6.21. The number of unbranched alkanes of at least 4 members (excludes halogenated alkanes) is 9. The van der Waals surface area contributed by atoms with E-state index in [2.05, 4.69) is 6.92 Å². The summed E-state index contributed by atoms with van der Waals surface area (Å²) in [6.45, 7) is 6.20. The Labute approximate surface area is 183 Å². The molecule has 1 rings (SSSR count). The first-order valence-electron chi connectivity index (χ1n) is 12.3. The van der Waals surface area contributed by atoms with Crippen LogP contribution in [0.1, 0.15) is 117 Å². The lowest BCUT2D eigenvalue weighted by Gasteiger charge is -2.38. The molecule has 1 unspecified atom stereocenters. The first kappa shape index (κ1) is 26.9. The van der Waals surface area contributed by atoms with Crippen LogP contribution in [0.5, 0.6) is 0 Å². The lowest BCUT2D eigenvalue weighted by Crippen LogP contribution is -2.49. The molecule has 1 aliphatic carbocycles. The SMILES string of the molecule is CCCCCCCCCCCCC1CCCCC1(C(=O)OOCC)C(=O)OOCC. The summed E-state index contributed by atoms with van der Waals surface area (Å²) in [6.07, 6.45) is 16.4. The molecule has 0 aromatic carbocycles. The number of hydrogen-bond donors (Lipinski definition) is 0. The van der Waals surface area contributed by atoms with Crippen molar-refractivity contribution in [2.45, 2.75) is 117 Å². The molecular weight excluding hydrogens is 384 g/mol. The van der Waals surface area contributed by atoms with Gasteiger partial charge in [-0.25, -0.2) is 9.59 Å². The highest BCUT2D eigenvalue weighted by Crippen LogP contribution is 2.46. The van der Waals surface area contributed by atoms with E-state index < -0.39 is 17.4 Å². The zero-order valence-electron chi connectivity index (χ0n) is 19.5. The summed E-state index contributed by atoms with van der Waals surface area (Å²) >= 11 is 0. The Hall–Kier alpha value is -1.14. The second kappa shape index (κ2) is 16.5. The van der Waals surface area contributed by atoms with Gasteiger partial charge in [0.05, 0.1) is 13.2 Å². The van der Waals surface area contributed by atoms with Gasteiger partial charge in [0.15, 0.2) is 5.41 Å². The van der Waals surface area contributed by atoms with Crippen LogP contribution in [0.25, 0.3) is 0 Å². The Morgan fingerprint density at radius 2 is 1.23 bits per heavy atom. The average molecular weight is 429 g/mol. The van der Waals surface area contributed by atoms with Crippen LogP contribution in [-0.4, -0.2) is 25.2 Å². The monoisotopic (exact) mass is 428 g/mol. The fourth-order valence-electron chi connectivity index (χ4n) is 4.51. The summed E-state index contributed by atoms with van der Waals surface area (Å²) in [5.41, 5.74) is -1.32. The second-order valence-electron chi connectivity index (χ2n) is 8.44. The molecule has 1 atom stereocenters. The zero-order valence-corrected chi connectivity index (χ0v) is 19.5. The van der Waals surface area contributed by atoms with Crippen molar-refractivity contribution in [3.63, 3.8) is 0 Å².